The molecule has 1 saturated heterocycles. The third-order valence-electron chi connectivity index (χ3n) is 4.68. The number of rotatable bonds is 7. The number of carboxylic acids is 2. The van der Waals surface area contributed by atoms with Crippen LogP contribution in [-0.2, 0) is 20.9 Å². The molecule has 4 heterocycles. The lowest BCUT2D eigenvalue weighted by atomic mass is 10.4. The molecule has 1 aromatic heterocycles. The molecule has 10 nitrogen and oxygen atoms in total. The number of carbonyl (C=O) groups is 3. The summed E-state index contributed by atoms with van der Waals surface area (Å²) in [5.74, 6) is -1.24. The summed E-state index contributed by atoms with van der Waals surface area (Å²) in [6, 6.07) is 0. The Labute approximate surface area is 224 Å². The van der Waals surface area contributed by atoms with E-state index in [0.29, 0.717) is 6.54 Å². The molecule has 0 atom stereocenters. The number of aliphatic hydroxyl groups is 1. The first-order valence-electron chi connectivity index (χ1n) is 9.90. The number of thiazole rings is 1. The van der Waals surface area contributed by atoms with Crippen LogP contribution in [0.3, 0.4) is 0 Å². The molecule has 1 fully saturated rings. The number of hydrogen-bond donors (Lipinski definition) is 3. The monoisotopic (exact) mass is 591 g/mol. The number of thioether (sulfide) groups is 4. The smallest absolute Gasteiger partial charge is 0.323 e. The van der Waals surface area contributed by atoms with Crippen LogP contribution in [0.1, 0.15) is 0 Å². The highest BCUT2D eigenvalue weighted by atomic mass is 32.2. The highest BCUT2D eigenvalue weighted by Gasteiger charge is 2.35. The first kappa shape index (κ1) is 26.4. The number of carbonyl (C=O) groups excluding carboxylic acids is 1. The van der Waals surface area contributed by atoms with Crippen LogP contribution in [0.5, 0.6) is 0 Å². The maximum Gasteiger partial charge on any atom is 0.323 e. The second kappa shape index (κ2) is 11.1. The van der Waals surface area contributed by atoms with Crippen molar-refractivity contribution < 1.29 is 29.7 Å². The molecule has 1 aromatic rings. The van der Waals surface area contributed by atoms with Crippen LogP contribution in [0.15, 0.2) is 25.2 Å². The van der Waals surface area contributed by atoms with E-state index in [9.17, 15) is 29.4 Å². The fourth-order valence-corrected chi connectivity index (χ4v) is 9.73. The van der Waals surface area contributed by atoms with E-state index in [2.05, 4.69) is 0 Å². The minimum Gasteiger partial charge on any atom is -0.480 e. The number of nitrogens with zero attached hydrogens (tertiary/aromatic N) is 3. The molecule has 35 heavy (non-hydrogen) atoms. The van der Waals surface area contributed by atoms with Crippen LogP contribution < -0.4 is 14.8 Å². The Bertz CT molecular complexity index is 1360. The Morgan fingerprint density at radius 2 is 1.71 bits per heavy atom. The maximum absolute atomic E-state index is 13.1. The SMILES string of the molecule is O=C(O)CN1C(=O)/C(=c2/sc(=CC=C3SC4=C(SCCS4)N3CCO)c(=O)n2CC(=O)O)SC1=S. The van der Waals surface area contributed by atoms with Crippen LogP contribution in [0.2, 0.25) is 0 Å². The topological polar surface area (TPSA) is 140 Å². The van der Waals surface area contributed by atoms with Gasteiger partial charge >= 0.3 is 11.9 Å². The molecule has 0 bridgehead atoms. The Hall–Kier alpha value is -1.69. The highest BCUT2D eigenvalue weighted by Crippen LogP contribution is 2.52. The van der Waals surface area contributed by atoms with Gasteiger partial charge in [-0.1, -0.05) is 35.7 Å². The molecule has 0 saturated carbocycles. The number of aliphatic carboxylic acids is 2. The van der Waals surface area contributed by atoms with Gasteiger partial charge in [0, 0.05) is 18.1 Å². The van der Waals surface area contributed by atoms with Gasteiger partial charge in [-0.05, 0) is 12.2 Å². The van der Waals surface area contributed by atoms with Crippen LogP contribution in [0.25, 0.3) is 11.0 Å². The molecule has 3 aliphatic rings. The summed E-state index contributed by atoms with van der Waals surface area (Å²) in [5, 5.41) is 29.8. The van der Waals surface area contributed by atoms with E-state index in [4.69, 9.17) is 17.3 Å². The van der Waals surface area contributed by atoms with Crippen molar-refractivity contribution in [2.24, 2.45) is 0 Å². The third-order valence-corrected chi connectivity index (χ3v) is 11.4. The zero-order valence-electron chi connectivity index (χ0n) is 17.7. The molecule has 0 aromatic carbocycles. The average Bonchev–Trinajstić information content (AvgIpc) is 3.40. The van der Waals surface area contributed by atoms with Crippen molar-refractivity contribution >= 4 is 104 Å². The van der Waals surface area contributed by atoms with Crippen LogP contribution in [0, 0.1) is 0 Å². The van der Waals surface area contributed by atoms with E-state index in [1.807, 2.05) is 4.90 Å². The van der Waals surface area contributed by atoms with Crippen LogP contribution >= 0.6 is 70.6 Å². The molecular formula is C19H17N3O7S6. The van der Waals surface area contributed by atoms with Gasteiger partial charge in [0.25, 0.3) is 11.5 Å². The summed E-state index contributed by atoms with van der Waals surface area (Å²) < 4.78 is 2.48. The Morgan fingerprint density at radius 1 is 1.00 bits per heavy atom. The van der Waals surface area contributed by atoms with Gasteiger partial charge in [0.05, 0.1) is 25.4 Å². The molecule has 1 amide bonds. The summed E-state index contributed by atoms with van der Waals surface area (Å²) in [6.45, 7) is -0.928. The fourth-order valence-electron chi connectivity index (χ4n) is 3.27. The predicted octanol–water partition coefficient (Wildman–Crippen LogP) is 0.317. The van der Waals surface area contributed by atoms with E-state index in [-0.39, 0.29) is 25.0 Å². The minimum atomic E-state index is -1.26. The molecule has 0 aliphatic carbocycles. The zero-order valence-corrected chi connectivity index (χ0v) is 22.6. The molecule has 4 rings (SSSR count). The van der Waals surface area contributed by atoms with Gasteiger partial charge in [0.1, 0.15) is 27.0 Å². The number of carboxylic acid groups (broad SMARTS) is 2. The van der Waals surface area contributed by atoms with Gasteiger partial charge < -0.3 is 20.2 Å². The summed E-state index contributed by atoms with van der Waals surface area (Å²) in [7, 11) is 0. The lowest BCUT2D eigenvalue weighted by Crippen LogP contribution is -2.36. The summed E-state index contributed by atoms with van der Waals surface area (Å²) in [5.41, 5.74) is -0.578. The normalized spacial score (nSPS) is 21.5. The van der Waals surface area contributed by atoms with Crippen molar-refractivity contribution in [2.45, 2.75) is 6.54 Å². The largest absolute Gasteiger partial charge is 0.480 e. The average molecular weight is 592 g/mol. The number of amides is 1. The van der Waals surface area contributed by atoms with E-state index in [0.717, 1.165) is 58.4 Å². The molecule has 3 aliphatic heterocycles. The van der Waals surface area contributed by atoms with Crippen molar-refractivity contribution in [2.75, 3.05) is 31.2 Å². The standard InChI is InChI=1S/C19H17N3O7S6/c23-4-3-20-10(34-18-17(20)31-5-6-32-18)2-1-9-14(28)21(7-11(24)25)16(33-9)13-15(29)22(8-12(26)27)19(30)35-13/h1-2,23H,3-8H2,(H,24,25)(H,26,27)/b9-1?,10-2?,16-13-. The number of thiocarbonyl (C=S) groups is 1. The van der Waals surface area contributed by atoms with Crippen molar-refractivity contribution in [3.05, 3.63) is 39.9 Å². The molecule has 16 heteroatoms. The van der Waals surface area contributed by atoms with Gasteiger partial charge in [-0.2, -0.15) is 0 Å². The first-order chi connectivity index (χ1) is 16.7. The van der Waals surface area contributed by atoms with E-state index < -0.39 is 36.5 Å². The summed E-state index contributed by atoms with van der Waals surface area (Å²) >= 11 is 11.9. The van der Waals surface area contributed by atoms with Gasteiger partial charge in [0.15, 0.2) is 0 Å². The number of aromatic nitrogens is 1. The molecular weight excluding hydrogens is 575 g/mol. The highest BCUT2D eigenvalue weighted by molar-refractivity contribution is 8.30. The second-order valence-electron chi connectivity index (χ2n) is 6.98. The van der Waals surface area contributed by atoms with Crippen molar-refractivity contribution in [1.29, 1.82) is 0 Å². The molecule has 0 unspecified atom stereocenters. The quantitative estimate of drug-likeness (QED) is 0.375. The van der Waals surface area contributed by atoms with Gasteiger partial charge in [-0.3, -0.25) is 28.6 Å². The zero-order chi connectivity index (χ0) is 25.3. The lowest BCUT2D eigenvalue weighted by Gasteiger charge is -2.22. The Balaban J connectivity index is 1.79. The minimum absolute atomic E-state index is 0.0222. The lowest BCUT2D eigenvalue weighted by molar-refractivity contribution is -0.140. The number of β-amino-alcohol motifs (C(OH)–C–C–N with tert-alkyl or cyclic N) is 1. The van der Waals surface area contributed by atoms with Gasteiger partial charge in [0.2, 0.25) is 0 Å². The molecule has 0 radical (unpaired) electrons. The number of aliphatic hydroxyl groups excluding tert-OH is 1. The molecule has 186 valence electrons. The van der Waals surface area contributed by atoms with Gasteiger partial charge in [-0.25, -0.2) is 0 Å². The third kappa shape index (κ3) is 5.52. The molecule has 0 spiro atoms. The van der Waals surface area contributed by atoms with Gasteiger partial charge in [-0.15, -0.1) is 34.9 Å². The van der Waals surface area contributed by atoms with Crippen LogP contribution in [-0.4, -0.2) is 83.1 Å². The first-order valence-corrected chi connectivity index (χ1v) is 14.7. The second-order valence-corrected chi connectivity index (χ2v) is 13.1. The van der Waals surface area contributed by atoms with E-state index in [1.165, 1.54) is 0 Å². The van der Waals surface area contributed by atoms with E-state index >= 15 is 0 Å². The van der Waals surface area contributed by atoms with Crippen molar-refractivity contribution in [3.8, 4) is 0 Å². The van der Waals surface area contributed by atoms with Crippen molar-refractivity contribution in [1.82, 2.24) is 14.4 Å². The fraction of sp³-hybridized carbons (Fsp3) is 0.316. The number of allylic oxidation sites excluding steroid dienone is 1. The predicted molar refractivity (Wildman–Crippen MR) is 144 cm³/mol. The Morgan fingerprint density at radius 3 is 2.40 bits per heavy atom. The maximum atomic E-state index is 13.1. The Kier molecular flexibility index (Phi) is 8.40. The molecule has 3 N–H and O–H groups in total. The van der Waals surface area contributed by atoms with E-state index in [1.54, 1.807) is 47.4 Å². The number of hydrogen-bond acceptors (Lipinski definition) is 12. The summed E-state index contributed by atoms with van der Waals surface area (Å²) in [6.07, 6.45) is 3.32. The van der Waals surface area contributed by atoms with Crippen LogP contribution in [0.4, 0.5) is 0 Å². The summed E-state index contributed by atoms with van der Waals surface area (Å²) in [4.78, 5) is 51.4. The van der Waals surface area contributed by atoms with Crippen molar-refractivity contribution in [3.63, 3.8) is 0 Å².